The molecule has 1 aliphatic heterocycles. The second kappa shape index (κ2) is 1.97. The number of carbonyl (C=O) groups excluding carboxylic acids is 1. The van der Waals surface area contributed by atoms with Crippen LogP contribution in [-0.2, 0) is 4.79 Å². The van der Waals surface area contributed by atoms with Crippen LogP contribution in [0.4, 0.5) is 0 Å². The number of nitrogens with zero attached hydrogens (tertiary/aromatic N) is 1. The molecular weight excluding hydrogens is 126 g/mol. The van der Waals surface area contributed by atoms with E-state index < -0.39 is 0 Å². The van der Waals surface area contributed by atoms with Crippen LogP contribution < -0.4 is 0 Å². The Morgan fingerprint density at radius 3 is 2.10 bits per heavy atom. The van der Waals surface area contributed by atoms with Gasteiger partial charge in [0.2, 0.25) is 5.91 Å². The fourth-order valence-corrected chi connectivity index (χ4v) is 1.24. The van der Waals surface area contributed by atoms with Crippen molar-refractivity contribution in [1.82, 2.24) is 4.90 Å². The molecule has 1 saturated heterocycles. The summed E-state index contributed by atoms with van der Waals surface area (Å²) in [4.78, 5) is 12.9. The monoisotopic (exact) mass is 141 g/mol. The van der Waals surface area contributed by atoms with E-state index in [4.69, 9.17) is 0 Å². The third-order valence-corrected chi connectivity index (χ3v) is 2.18. The van der Waals surface area contributed by atoms with Crippen LogP contribution in [0.15, 0.2) is 0 Å². The smallest absolute Gasteiger partial charge is 0.227 e. The zero-order chi connectivity index (χ0) is 7.94. The fourth-order valence-electron chi connectivity index (χ4n) is 1.24. The number of carbonyl (C=O) groups is 1. The van der Waals surface area contributed by atoms with Gasteiger partial charge in [-0.25, -0.2) is 0 Å². The first kappa shape index (κ1) is 7.58. The van der Waals surface area contributed by atoms with Crippen LogP contribution in [0.2, 0.25) is 0 Å². The largest absolute Gasteiger partial charge is 0.345 e. The van der Waals surface area contributed by atoms with Crippen molar-refractivity contribution in [2.24, 2.45) is 11.3 Å². The lowest BCUT2D eigenvalue weighted by atomic mass is 9.75. The molecule has 0 aliphatic carbocycles. The van der Waals surface area contributed by atoms with Gasteiger partial charge < -0.3 is 4.90 Å². The van der Waals surface area contributed by atoms with Gasteiger partial charge >= 0.3 is 0 Å². The maximum absolute atomic E-state index is 11.1. The number of hydrogen-bond donors (Lipinski definition) is 0. The van der Waals surface area contributed by atoms with Crippen molar-refractivity contribution >= 4 is 5.91 Å². The van der Waals surface area contributed by atoms with E-state index in [0.717, 1.165) is 6.54 Å². The highest BCUT2D eigenvalue weighted by Crippen LogP contribution is 2.33. The van der Waals surface area contributed by atoms with Crippen molar-refractivity contribution in [3.8, 4) is 0 Å². The van der Waals surface area contributed by atoms with Crippen LogP contribution in [0.5, 0.6) is 0 Å². The van der Waals surface area contributed by atoms with Gasteiger partial charge in [-0.1, -0.05) is 20.8 Å². The summed E-state index contributed by atoms with van der Waals surface area (Å²) in [6, 6.07) is 0. The summed E-state index contributed by atoms with van der Waals surface area (Å²) in [7, 11) is 1.85. The summed E-state index contributed by atoms with van der Waals surface area (Å²) in [6.07, 6.45) is 0. The maximum Gasteiger partial charge on any atom is 0.227 e. The molecule has 1 unspecified atom stereocenters. The first-order valence-corrected chi connectivity index (χ1v) is 3.68. The van der Waals surface area contributed by atoms with Gasteiger partial charge in [-0.15, -0.1) is 0 Å². The molecule has 10 heavy (non-hydrogen) atoms. The topological polar surface area (TPSA) is 20.3 Å². The molecule has 1 fully saturated rings. The van der Waals surface area contributed by atoms with Gasteiger partial charge in [0, 0.05) is 13.6 Å². The molecule has 1 rings (SSSR count). The molecule has 0 radical (unpaired) electrons. The molecule has 0 bridgehead atoms. The molecule has 0 aromatic rings. The lowest BCUT2D eigenvalue weighted by Gasteiger charge is -2.43. The minimum atomic E-state index is 0.156. The van der Waals surface area contributed by atoms with E-state index in [1.165, 1.54) is 0 Å². The first-order chi connectivity index (χ1) is 4.43. The number of amides is 1. The second-order valence-corrected chi connectivity index (χ2v) is 4.14. The van der Waals surface area contributed by atoms with E-state index in [1.54, 1.807) is 4.90 Å². The zero-order valence-electron chi connectivity index (χ0n) is 7.14. The summed E-state index contributed by atoms with van der Waals surface area (Å²) in [5.74, 6) is 0.560. The van der Waals surface area contributed by atoms with Gasteiger partial charge in [0.25, 0.3) is 0 Å². The van der Waals surface area contributed by atoms with Crippen LogP contribution in [0.25, 0.3) is 0 Å². The van der Waals surface area contributed by atoms with E-state index in [0.29, 0.717) is 5.91 Å². The molecule has 1 aliphatic rings. The molecule has 0 aromatic carbocycles. The molecular formula is C8H15NO. The van der Waals surface area contributed by atoms with E-state index >= 15 is 0 Å². The van der Waals surface area contributed by atoms with Crippen molar-refractivity contribution in [3.63, 3.8) is 0 Å². The predicted octanol–water partition coefficient (Wildman–Crippen LogP) is 1.12. The van der Waals surface area contributed by atoms with E-state index in [1.807, 2.05) is 7.05 Å². The van der Waals surface area contributed by atoms with E-state index in [2.05, 4.69) is 20.8 Å². The average Bonchev–Trinajstić information content (AvgIpc) is 1.79. The predicted molar refractivity (Wildman–Crippen MR) is 40.6 cm³/mol. The van der Waals surface area contributed by atoms with Crippen molar-refractivity contribution < 1.29 is 4.79 Å². The van der Waals surface area contributed by atoms with Crippen molar-refractivity contribution in [2.75, 3.05) is 13.6 Å². The third kappa shape index (κ3) is 1.02. The maximum atomic E-state index is 11.1. The minimum Gasteiger partial charge on any atom is -0.345 e. The second-order valence-electron chi connectivity index (χ2n) is 4.14. The van der Waals surface area contributed by atoms with Gasteiger partial charge in [0.05, 0.1) is 5.92 Å². The Bertz CT molecular complexity index is 157. The van der Waals surface area contributed by atoms with Crippen molar-refractivity contribution in [2.45, 2.75) is 20.8 Å². The fraction of sp³-hybridized carbons (Fsp3) is 0.875. The normalized spacial score (nSPS) is 26.6. The Morgan fingerprint density at radius 2 is 2.00 bits per heavy atom. The molecule has 0 spiro atoms. The number of hydrogen-bond acceptors (Lipinski definition) is 1. The van der Waals surface area contributed by atoms with Gasteiger partial charge in [-0.3, -0.25) is 4.79 Å². The lowest BCUT2D eigenvalue weighted by Crippen LogP contribution is -2.55. The Morgan fingerprint density at radius 1 is 1.50 bits per heavy atom. The summed E-state index contributed by atoms with van der Waals surface area (Å²) >= 11 is 0. The summed E-state index contributed by atoms with van der Waals surface area (Å²) in [5.41, 5.74) is 0.156. The van der Waals surface area contributed by atoms with E-state index in [-0.39, 0.29) is 11.3 Å². The van der Waals surface area contributed by atoms with Crippen LogP contribution in [0.3, 0.4) is 0 Å². The molecule has 1 amide bonds. The Hall–Kier alpha value is -0.530. The number of β-lactam (4-membered cyclic amide) rings is 1. The van der Waals surface area contributed by atoms with Crippen LogP contribution in [-0.4, -0.2) is 24.4 Å². The molecule has 0 N–H and O–H groups in total. The van der Waals surface area contributed by atoms with Crippen molar-refractivity contribution in [1.29, 1.82) is 0 Å². The molecule has 2 heteroatoms. The standard InChI is InChI=1S/C8H15NO/c1-8(2,3)6-5-9(4)7(6)10/h6H,5H2,1-4H3. The third-order valence-electron chi connectivity index (χ3n) is 2.18. The Labute approximate surface area is 62.2 Å². The zero-order valence-corrected chi connectivity index (χ0v) is 7.14. The Kier molecular flexibility index (Phi) is 1.50. The first-order valence-electron chi connectivity index (χ1n) is 3.68. The van der Waals surface area contributed by atoms with Crippen LogP contribution in [0.1, 0.15) is 20.8 Å². The average molecular weight is 141 g/mol. The van der Waals surface area contributed by atoms with Gasteiger partial charge in [-0.2, -0.15) is 0 Å². The molecule has 1 atom stereocenters. The van der Waals surface area contributed by atoms with Gasteiger partial charge in [0.1, 0.15) is 0 Å². The highest BCUT2D eigenvalue weighted by molar-refractivity contribution is 5.84. The molecule has 58 valence electrons. The summed E-state index contributed by atoms with van der Waals surface area (Å²) in [6.45, 7) is 7.27. The lowest BCUT2D eigenvalue weighted by molar-refractivity contribution is -0.151. The number of likely N-dealkylation sites (tertiary alicyclic amines) is 1. The van der Waals surface area contributed by atoms with Crippen molar-refractivity contribution in [3.05, 3.63) is 0 Å². The van der Waals surface area contributed by atoms with Gasteiger partial charge in [0.15, 0.2) is 0 Å². The SMILES string of the molecule is CN1CC(C(C)(C)C)C1=O. The van der Waals surface area contributed by atoms with Crippen LogP contribution >= 0.6 is 0 Å². The molecule has 2 nitrogen and oxygen atoms in total. The summed E-state index contributed by atoms with van der Waals surface area (Å²) in [5, 5.41) is 0. The van der Waals surface area contributed by atoms with Crippen LogP contribution in [0, 0.1) is 11.3 Å². The number of rotatable bonds is 0. The highest BCUT2D eigenvalue weighted by Gasteiger charge is 2.41. The quantitative estimate of drug-likeness (QED) is 0.463. The Balaban J connectivity index is 2.56. The summed E-state index contributed by atoms with van der Waals surface area (Å²) < 4.78 is 0. The van der Waals surface area contributed by atoms with E-state index in [9.17, 15) is 4.79 Å². The molecule has 0 aromatic heterocycles. The minimum absolute atomic E-state index is 0.156. The molecule has 1 heterocycles. The molecule has 0 saturated carbocycles. The van der Waals surface area contributed by atoms with Gasteiger partial charge in [-0.05, 0) is 5.41 Å². The highest BCUT2D eigenvalue weighted by atomic mass is 16.2.